The third-order valence-electron chi connectivity index (χ3n) is 3.35. The maximum atomic E-state index is 12.2. The van der Waals surface area contributed by atoms with Crippen molar-refractivity contribution in [1.82, 2.24) is 5.43 Å². The third-order valence-corrected chi connectivity index (χ3v) is 4.46. The van der Waals surface area contributed by atoms with Crippen molar-refractivity contribution in [3.63, 3.8) is 0 Å². The monoisotopic (exact) mass is 340 g/mol. The number of nitrogens with one attached hydrogen (secondary N) is 1. The zero-order valence-electron chi connectivity index (χ0n) is 13.0. The van der Waals surface area contributed by atoms with Gasteiger partial charge in [0, 0.05) is 10.3 Å². The molecule has 0 bridgehead atoms. The van der Waals surface area contributed by atoms with Crippen LogP contribution in [0.15, 0.2) is 53.6 Å². The first-order chi connectivity index (χ1) is 11.7. The molecule has 0 saturated carbocycles. The average Bonchev–Trinajstić information content (AvgIpc) is 3.02. The lowest BCUT2D eigenvalue weighted by Crippen LogP contribution is -2.16. The summed E-state index contributed by atoms with van der Waals surface area (Å²) in [5.41, 5.74) is 2.95. The van der Waals surface area contributed by atoms with Crippen LogP contribution in [0.3, 0.4) is 0 Å². The fourth-order valence-corrected chi connectivity index (χ4v) is 3.18. The molecule has 2 aromatic carbocycles. The van der Waals surface area contributed by atoms with E-state index in [4.69, 9.17) is 4.74 Å². The molecule has 5 nitrogen and oxygen atoms in total. The minimum Gasteiger partial charge on any atom is -0.504 e. The van der Waals surface area contributed by atoms with E-state index in [-0.39, 0.29) is 11.7 Å². The number of fused-ring (bicyclic) bond motifs is 1. The molecule has 2 N–H and O–H groups in total. The van der Waals surface area contributed by atoms with Crippen LogP contribution in [0.1, 0.15) is 22.2 Å². The number of ether oxygens (including phenoxy) is 1. The van der Waals surface area contributed by atoms with Gasteiger partial charge in [-0.15, -0.1) is 11.3 Å². The number of nitrogens with zero attached hydrogens (tertiary/aromatic N) is 1. The van der Waals surface area contributed by atoms with E-state index in [2.05, 4.69) is 10.5 Å². The lowest BCUT2D eigenvalue weighted by Gasteiger charge is -2.07. The normalized spacial score (nSPS) is 11.0. The topological polar surface area (TPSA) is 70.9 Å². The smallest absolute Gasteiger partial charge is 0.281 e. The summed E-state index contributed by atoms with van der Waals surface area (Å²) in [6.45, 7) is 2.29. The van der Waals surface area contributed by atoms with E-state index < -0.39 is 0 Å². The van der Waals surface area contributed by atoms with Crippen molar-refractivity contribution in [2.75, 3.05) is 6.61 Å². The Kier molecular flexibility index (Phi) is 4.77. The van der Waals surface area contributed by atoms with Crippen LogP contribution in [0.25, 0.3) is 10.1 Å². The van der Waals surface area contributed by atoms with Crippen molar-refractivity contribution in [3.05, 3.63) is 59.0 Å². The van der Waals surface area contributed by atoms with Crippen LogP contribution in [0.2, 0.25) is 0 Å². The van der Waals surface area contributed by atoms with Gasteiger partial charge in [0.15, 0.2) is 11.5 Å². The molecular formula is C18H16N2O3S. The van der Waals surface area contributed by atoms with Crippen LogP contribution < -0.4 is 10.2 Å². The average molecular weight is 340 g/mol. The Morgan fingerprint density at radius 3 is 2.92 bits per heavy atom. The van der Waals surface area contributed by atoms with Crippen molar-refractivity contribution < 1.29 is 14.6 Å². The predicted molar refractivity (Wildman–Crippen MR) is 96.2 cm³/mol. The largest absolute Gasteiger partial charge is 0.504 e. The van der Waals surface area contributed by atoms with Crippen molar-refractivity contribution >= 4 is 33.5 Å². The van der Waals surface area contributed by atoms with E-state index >= 15 is 0 Å². The van der Waals surface area contributed by atoms with Crippen LogP contribution >= 0.6 is 11.3 Å². The van der Waals surface area contributed by atoms with Gasteiger partial charge in [-0.05, 0) is 36.6 Å². The van der Waals surface area contributed by atoms with Crippen LogP contribution in [0.4, 0.5) is 0 Å². The number of carbonyl (C=O) groups is 1. The lowest BCUT2D eigenvalue weighted by atomic mass is 10.2. The Balaban J connectivity index is 1.72. The molecule has 0 aliphatic rings. The first-order valence-corrected chi connectivity index (χ1v) is 8.27. The summed E-state index contributed by atoms with van der Waals surface area (Å²) in [7, 11) is 0. The SMILES string of the molecule is CCOc1cccc(C=NNC(=O)c2cc3ccccc3s2)c1O. The summed E-state index contributed by atoms with van der Waals surface area (Å²) in [6.07, 6.45) is 1.39. The molecule has 0 atom stereocenters. The summed E-state index contributed by atoms with van der Waals surface area (Å²) >= 11 is 1.41. The highest BCUT2D eigenvalue weighted by Crippen LogP contribution is 2.28. The number of para-hydroxylation sites is 1. The second-order valence-electron chi connectivity index (χ2n) is 4.97. The summed E-state index contributed by atoms with van der Waals surface area (Å²) in [5, 5.41) is 15.0. The predicted octanol–water partition coefficient (Wildman–Crippen LogP) is 3.77. The zero-order valence-corrected chi connectivity index (χ0v) is 13.8. The third kappa shape index (κ3) is 3.38. The quantitative estimate of drug-likeness (QED) is 0.549. The maximum Gasteiger partial charge on any atom is 0.281 e. The van der Waals surface area contributed by atoms with E-state index in [1.54, 1.807) is 18.2 Å². The summed E-state index contributed by atoms with van der Waals surface area (Å²) in [6, 6.07) is 14.7. The van der Waals surface area contributed by atoms with Gasteiger partial charge in [0.25, 0.3) is 5.91 Å². The molecule has 122 valence electrons. The molecule has 1 amide bonds. The number of hydrazone groups is 1. The van der Waals surface area contributed by atoms with Gasteiger partial charge in [-0.2, -0.15) is 5.10 Å². The van der Waals surface area contributed by atoms with E-state index in [0.29, 0.717) is 22.8 Å². The number of phenols is 1. The molecule has 3 aromatic rings. The van der Waals surface area contributed by atoms with Crippen molar-refractivity contribution in [3.8, 4) is 11.5 Å². The van der Waals surface area contributed by atoms with Crippen LogP contribution in [0.5, 0.6) is 11.5 Å². The Bertz CT molecular complexity index is 869. The Morgan fingerprint density at radius 2 is 2.12 bits per heavy atom. The molecule has 0 fully saturated rings. The molecule has 0 saturated heterocycles. The van der Waals surface area contributed by atoms with Crippen molar-refractivity contribution in [2.24, 2.45) is 5.10 Å². The molecule has 0 aliphatic carbocycles. The number of hydrogen-bond donors (Lipinski definition) is 2. The number of phenolic OH excluding ortho intramolecular Hbond substituents is 1. The van der Waals surface area contributed by atoms with Gasteiger partial charge in [-0.25, -0.2) is 5.43 Å². The standard InChI is InChI=1S/C18H16N2O3S/c1-2-23-14-8-5-7-13(17(14)21)11-19-20-18(22)16-10-12-6-3-4-9-15(12)24-16/h3-11,21H,2H2,1H3,(H,20,22). The number of amides is 1. The van der Waals surface area contributed by atoms with Crippen LogP contribution in [0, 0.1) is 0 Å². The Labute approximate surface area is 143 Å². The van der Waals surface area contributed by atoms with E-state index in [0.717, 1.165) is 10.1 Å². The molecule has 24 heavy (non-hydrogen) atoms. The first-order valence-electron chi connectivity index (χ1n) is 7.46. The summed E-state index contributed by atoms with van der Waals surface area (Å²) in [5.74, 6) is 0.101. The highest BCUT2D eigenvalue weighted by Gasteiger charge is 2.09. The lowest BCUT2D eigenvalue weighted by molar-refractivity contribution is 0.0959. The number of rotatable bonds is 5. The van der Waals surface area contributed by atoms with Gasteiger partial charge in [0.05, 0.1) is 17.7 Å². The highest BCUT2D eigenvalue weighted by atomic mass is 32.1. The number of benzene rings is 2. The van der Waals surface area contributed by atoms with Gasteiger partial charge in [-0.1, -0.05) is 24.3 Å². The van der Waals surface area contributed by atoms with Crippen LogP contribution in [-0.4, -0.2) is 23.8 Å². The molecule has 0 radical (unpaired) electrons. The summed E-state index contributed by atoms with van der Waals surface area (Å²) in [4.78, 5) is 12.7. The molecule has 3 rings (SSSR count). The van der Waals surface area contributed by atoms with Gasteiger partial charge in [0.2, 0.25) is 0 Å². The van der Waals surface area contributed by atoms with E-state index in [1.807, 2.05) is 37.3 Å². The van der Waals surface area contributed by atoms with Gasteiger partial charge < -0.3 is 9.84 Å². The number of aromatic hydroxyl groups is 1. The number of hydrogen-bond acceptors (Lipinski definition) is 5. The highest BCUT2D eigenvalue weighted by molar-refractivity contribution is 7.20. The van der Waals surface area contributed by atoms with E-state index in [9.17, 15) is 9.90 Å². The fraction of sp³-hybridized carbons (Fsp3) is 0.111. The molecule has 1 heterocycles. The van der Waals surface area contributed by atoms with Crippen molar-refractivity contribution in [1.29, 1.82) is 0 Å². The minimum absolute atomic E-state index is 0.000730. The molecule has 1 aromatic heterocycles. The van der Waals surface area contributed by atoms with Gasteiger partial charge in [0.1, 0.15) is 0 Å². The van der Waals surface area contributed by atoms with Crippen LogP contribution in [-0.2, 0) is 0 Å². The number of carbonyl (C=O) groups excluding carboxylic acids is 1. The zero-order chi connectivity index (χ0) is 16.9. The van der Waals surface area contributed by atoms with Gasteiger partial charge in [-0.3, -0.25) is 4.79 Å². The fourth-order valence-electron chi connectivity index (χ4n) is 2.22. The van der Waals surface area contributed by atoms with Gasteiger partial charge >= 0.3 is 0 Å². The first kappa shape index (κ1) is 16.0. The summed E-state index contributed by atoms with van der Waals surface area (Å²) < 4.78 is 6.36. The molecular weight excluding hydrogens is 324 g/mol. The second kappa shape index (κ2) is 7.14. The molecule has 6 heteroatoms. The molecule has 0 unspecified atom stereocenters. The molecule has 0 aliphatic heterocycles. The van der Waals surface area contributed by atoms with Crippen molar-refractivity contribution in [2.45, 2.75) is 6.92 Å². The minimum atomic E-state index is -0.284. The molecule has 0 spiro atoms. The number of thiophene rings is 1. The Hall–Kier alpha value is -2.86. The maximum absolute atomic E-state index is 12.2. The Morgan fingerprint density at radius 1 is 1.29 bits per heavy atom. The second-order valence-corrected chi connectivity index (χ2v) is 6.06. The van der Waals surface area contributed by atoms with E-state index in [1.165, 1.54) is 17.6 Å².